The Morgan fingerprint density at radius 1 is 1.41 bits per heavy atom. The molecular formula is C13H24N2O2. The van der Waals surface area contributed by atoms with E-state index in [1.807, 2.05) is 4.90 Å². The van der Waals surface area contributed by atoms with Gasteiger partial charge < -0.3 is 15.4 Å². The molecule has 2 aliphatic rings. The zero-order valence-corrected chi connectivity index (χ0v) is 10.9. The summed E-state index contributed by atoms with van der Waals surface area (Å²) in [5, 5.41) is 0. The number of nitrogens with two attached hydrogens (primary N) is 1. The molecule has 1 saturated carbocycles. The van der Waals surface area contributed by atoms with Crippen molar-refractivity contribution in [2.45, 2.75) is 39.2 Å². The second kappa shape index (κ2) is 4.94. The van der Waals surface area contributed by atoms with Gasteiger partial charge in [0.2, 0.25) is 5.91 Å². The van der Waals surface area contributed by atoms with Gasteiger partial charge in [0.05, 0.1) is 6.61 Å². The third-order valence-electron chi connectivity index (χ3n) is 3.94. The molecule has 2 N–H and O–H groups in total. The molecule has 1 saturated heterocycles. The van der Waals surface area contributed by atoms with Crippen molar-refractivity contribution in [3.05, 3.63) is 0 Å². The van der Waals surface area contributed by atoms with Gasteiger partial charge in [-0.05, 0) is 30.6 Å². The van der Waals surface area contributed by atoms with Gasteiger partial charge in [-0.1, -0.05) is 13.8 Å². The third-order valence-corrected chi connectivity index (χ3v) is 3.94. The minimum atomic E-state index is 0.0183. The molecule has 0 radical (unpaired) electrons. The van der Waals surface area contributed by atoms with E-state index >= 15 is 0 Å². The number of carbonyl (C=O) groups is 1. The molecule has 1 amide bonds. The average molecular weight is 240 g/mol. The van der Waals surface area contributed by atoms with Gasteiger partial charge in [-0.15, -0.1) is 0 Å². The zero-order chi connectivity index (χ0) is 12.5. The van der Waals surface area contributed by atoms with E-state index in [0.29, 0.717) is 5.92 Å². The fourth-order valence-corrected chi connectivity index (χ4v) is 2.28. The van der Waals surface area contributed by atoms with Crippen molar-refractivity contribution in [3.63, 3.8) is 0 Å². The first-order chi connectivity index (χ1) is 7.99. The predicted octanol–water partition coefficient (Wildman–Crippen LogP) is 0.999. The molecule has 1 unspecified atom stereocenters. The van der Waals surface area contributed by atoms with Crippen molar-refractivity contribution >= 4 is 5.91 Å². The van der Waals surface area contributed by atoms with E-state index in [9.17, 15) is 4.79 Å². The molecule has 1 heterocycles. The van der Waals surface area contributed by atoms with Gasteiger partial charge in [-0.25, -0.2) is 0 Å². The van der Waals surface area contributed by atoms with Gasteiger partial charge in [0.15, 0.2) is 0 Å². The van der Waals surface area contributed by atoms with E-state index in [4.69, 9.17) is 10.5 Å². The summed E-state index contributed by atoms with van der Waals surface area (Å²) in [5.74, 6) is 0.833. The topological polar surface area (TPSA) is 55.6 Å². The number of likely N-dealkylation sites (tertiary alicyclic amines) is 1. The van der Waals surface area contributed by atoms with Crippen molar-refractivity contribution in [3.8, 4) is 0 Å². The van der Waals surface area contributed by atoms with Crippen LogP contribution in [-0.4, -0.2) is 43.2 Å². The number of rotatable bonds is 4. The Bertz CT molecular complexity index is 287. The van der Waals surface area contributed by atoms with Crippen LogP contribution in [0.2, 0.25) is 0 Å². The van der Waals surface area contributed by atoms with Crippen LogP contribution in [-0.2, 0) is 9.53 Å². The highest BCUT2D eigenvalue weighted by molar-refractivity contribution is 5.77. The average Bonchev–Trinajstić information content (AvgIpc) is 3.06. The Balaban J connectivity index is 1.74. The summed E-state index contributed by atoms with van der Waals surface area (Å²) in [6.45, 7) is 6.77. The summed E-state index contributed by atoms with van der Waals surface area (Å²) in [6, 6.07) is 0.193. The first kappa shape index (κ1) is 12.8. The fourth-order valence-electron chi connectivity index (χ4n) is 2.28. The first-order valence-corrected chi connectivity index (χ1v) is 6.60. The van der Waals surface area contributed by atoms with Gasteiger partial charge in [-0.3, -0.25) is 4.79 Å². The minimum absolute atomic E-state index is 0.0183. The van der Waals surface area contributed by atoms with Crippen LogP contribution < -0.4 is 5.73 Å². The third kappa shape index (κ3) is 3.42. The molecule has 4 heteroatoms. The first-order valence-electron chi connectivity index (χ1n) is 6.60. The van der Waals surface area contributed by atoms with Crippen molar-refractivity contribution in [1.82, 2.24) is 4.90 Å². The summed E-state index contributed by atoms with van der Waals surface area (Å²) in [7, 11) is 0. The molecule has 2 rings (SSSR count). The minimum Gasteiger partial charge on any atom is -0.371 e. The zero-order valence-electron chi connectivity index (χ0n) is 10.9. The lowest BCUT2D eigenvalue weighted by atomic mass is 9.80. The molecule has 1 aliphatic heterocycles. The Kier molecular flexibility index (Phi) is 3.73. The van der Waals surface area contributed by atoms with Gasteiger partial charge >= 0.3 is 0 Å². The Morgan fingerprint density at radius 2 is 2.12 bits per heavy atom. The van der Waals surface area contributed by atoms with E-state index in [1.165, 1.54) is 12.8 Å². The lowest BCUT2D eigenvalue weighted by molar-refractivity contribution is -0.139. The summed E-state index contributed by atoms with van der Waals surface area (Å²) in [6.07, 6.45) is 3.42. The molecule has 0 spiro atoms. The molecule has 0 aromatic rings. The van der Waals surface area contributed by atoms with Gasteiger partial charge in [0.1, 0.15) is 6.61 Å². The van der Waals surface area contributed by atoms with Crippen LogP contribution in [0.25, 0.3) is 0 Å². The molecule has 17 heavy (non-hydrogen) atoms. The molecule has 0 aromatic carbocycles. The van der Waals surface area contributed by atoms with Crippen molar-refractivity contribution in [2.75, 3.05) is 26.3 Å². The lowest BCUT2D eigenvalue weighted by Crippen LogP contribution is -2.54. The number of piperidine rings is 1. The highest BCUT2D eigenvalue weighted by Gasteiger charge is 2.35. The van der Waals surface area contributed by atoms with Crippen LogP contribution >= 0.6 is 0 Å². The largest absolute Gasteiger partial charge is 0.371 e. The molecule has 1 atom stereocenters. The van der Waals surface area contributed by atoms with E-state index in [2.05, 4.69) is 13.8 Å². The smallest absolute Gasteiger partial charge is 0.248 e. The van der Waals surface area contributed by atoms with E-state index in [-0.39, 0.29) is 24.0 Å². The Morgan fingerprint density at radius 3 is 2.71 bits per heavy atom. The van der Waals surface area contributed by atoms with Gasteiger partial charge in [-0.2, -0.15) is 0 Å². The number of carbonyl (C=O) groups excluding carboxylic acids is 1. The standard InChI is InChI=1S/C13H24N2O2/c1-13(2)9-15(6-5-11(13)14)12(16)8-17-7-10-3-4-10/h10-11H,3-9,14H2,1-2H3. The molecular weight excluding hydrogens is 216 g/mol. The van der Waals surface area contributed by atoms with Crippen molar-refractivity contribution in [1.29, 1.82) is 0 Å². The van der Waals surface area contributed by atoms with Crippen molar-refractivity contribution in [2.24, 2.45) is 17.1 Å². The van der Waals surface area contributed by atoms with Gasteiger partial charge in [0.25, 0.3) is 0 Å². The van der Waals surface area contributed by atoms with Crippen LogP contribution in [0.5, 0.6) is 0 Å². The Labute approximate surface area is 103 Å². The van der Waals surface area contributed by atoms with Crippen LogP contribution in [0.4, 0.5) is 0 Å². The molecule has 2 fully saturated rings. The predicted molar refractivity (Wildman–Crippen MR) is 66.5 cm³/mol. The van der Waals surface area contributed by atoms with Crippen LogP contribution in [0.3, 0.4) is 0 Å². The summed E-state index contributed by atoms with van der Waals surface area (Å²) in [5.41, 5.74) is 6.07. The normalized spacial score (nSPS) is 28.2. The highest BCUT2D eigenvalue weighted by atomic mass is 16.5. The maximum Gasteiger partial charge on any atom is 0.248 e. The quantitative estimate of drug-likeness (QED) is 0.797. The highest BCUT2D eigenvalue weighted by Crippen LogP contribution is 2.29. The van der Waals surface area contributed by atoms with Crippen LogP contribution in [0, 0.1) is 11.3 Å². The lowest BCUT2D eigenvalue weighted by Gasteiger charge is -2.42. The van der Waals surface area contributed by atoms with Crippen LogP contribution in [0.1, 0.15) is 33.1 Å². The second-order valence-electron chi connectivity index (χ2n) is 6.16. The maximum absolute atomic E-state index is 12.0. The summed E-state index contributed by atoms with van der Waals surface area (Å²) < 4.78 is 5.45. The maximum atomic E-state index is 12.0. The second-order valence-corrected chi connectivity index (χ2v) is 6.16. The van der Waals surface area contributed by atoms with Crippen molar-refractivity contribution < 1.29 is 9.53 Å². The summed E-state index contributed by atoms with van der Waals surface area (Å²) >= 11 is 0. The Hall–Kier alpha value is -0.610. The number of hydrogen-bond acceptors (Lipinski definition) is 3. The number of ether oxygens (including phenoxy) is 1. The molecule has 1 aliphatic carbocycles. The van der Waals surface area contributed by atoms with E-state index in [1.54, 1.807) is 0 Å². The monoisotopic (exact) mass is 240 g/mol. The fraction of sp³-hybridized carbons (Fsp3) is 0.923. The molecule has 98 valence electrons. The SMILES string of the molecule is CC1(C)CN(C(=O)COCC2CC2)CCC1N. The summed E-state index contributed by atoms with van der Waals surface area (Å²) in [4.78, 5) is 13.9. The molecule has 4 nitrogen and oxygen atoms in total. The number of amides is 1. The number of nitrogens with zero attached hydrogens (tertiary/aromatic N) is 1. The van der Waals surface area contributed by atoms with E-state index in [0.717, 1.165) is 26.1 Å². The van der Waals surface area contributed by atoms with Crippen LogP contribution in [0.15, 0.2) is 0 Å². The van der Waals surface area contributed by atoms with E-state index < -0.39 is 0 Å². The number of hydrogen-bond donors (Lipinski definition) is 1. The molecule has 0 bridgehead atoms. The van der Waals surface area contributed by atoms with Gasteiger partial charge in [0, 0.05) is 19.1 Å². The molecule has 0 aromatic heterocycles.